The van der Waals surface area contributed by atoms with Crippen LogP contribution < -0.4 is 9.64 Å². The van der Waals surface area contributed by atoms with Crippen molar-refractivity contribution in [3.05, 3.63) is 57.6 Å². The highest BCUT2D eigenvalue weighted by molar-refractivity contribution is 6.34. The van der Waals surface area contributed by atoms with Gasteiger partial charge < -0.3 is 14.7 Å². The molecule has 1 heterocycles. The number of rotatable bonds is 6. The van der Waals surface area contributed by atoms with Crippen LogP contribution in [0.1, 0.15) is 11.1 Å². The third-order valence-corrected chi connectivity index (χ3v) is 5.63. The first-order valence-electron chi connectivity index (χ1n) is 9.23. The Hall–Kier alpha value is -1.46. The van der Waals surface area contributed by atoms with Crippen molar-refractivity contribution in [2.75, 3.05) is 44.2 Å². The molecule has 6 heteroatoms. The lowest BCUT2D eigenvalue weighted by atomic mass is 10.1. The van der Waals surface area contributed by atoms with Gasteiger partial charge in [-0.3, -0.25) is 4.90 Å². The van der Waals surface area contributed by atoms with Gasteiger partial charge in [0.1, 0.15) is 18.5 Å². The van der Waals surface area contributed by atoms with E-state index in [1.165, 1.54) is 16.8 Å². The average Bonchev–Trinajstić information content (AvgIpc) is 2.65. The van der Waals surface area contributed by atoms with Gasteiger partial charge in [-0.15, -0.1) is 0 Å². The summed E-state index contributed by atoms with van der Waals surface area (Å²) in [6.07, 6.45) is -0.577. The summed E-state index contributed by atoms with van der Waals surface area (Å²) in [6.45, 7) is 8.85. The predicted molar refractivity (Wildman–Crippen MR) is 113 cm³/mol. The number of aryl methyl sites for hydroxylation is 1. The molecule has 3 rings (SSSR count). The van der Waals surface area contributed by atoms with E-state index < -0.39 is 6.10 Å². The molecule has 0 amide bonds. The third kappa shape index (κ3) is 5.29. The van der Waals surface area contributed by atoms with Gasteiger partial charge in [0.15, 0.2) is 0 Å². The Balaban J connectivity index is 1.47. The fourth-order valence-electron chi connectivity index (χ4n) is 3.37. The molecule has 1 aliphatic rings. The molecule has 1 N–H and O–H groups in total. The molecular weight excluding hydrogens is 383 g/mol. The number of nitrogens with zero attached hydrogens (tertiary/aromatic N) is 2. The van der Waals surface area contributed by atoms with Gasteiger partial charge in [0, 0.05) is 49.5 Å². The molecule has 1 fully saturated rings. The number of β-amino-alcohol motifs (C(OH)–C–C–N with tert-alkyl or cyclic N) is 1. The maximum Gasteiger partial charge on any atom is 0.139 e. The second-order valence-electron chi connectivity index (χ2n) is 7.05. The van der Waals surface area contributed by atoms with E-state index in [-0.39, 0.29) is 6.61 Å². The van der Waals surface area contributed by atoms with Gasteiger partial charge in [-0.05, 0) is 43.2 Å². The van der Waals surface area contributed by atoms with E-state index >= 15 is 0 Å². The van der Waals surface area contributed by atoms with Gasteiger partial charge in [-0.2, -0.15) is 0 Å². The second kappa shape index (κ2) is 9.16. The molecule has 2 aromatic rings. The standard InChI is InChI=1S/C21H26Cl2N2O2/c1-15-4-3-5-20(16(15)2)25-10-8-24(9-11-25)13-18(26)14-27-21-12-17(22)6-7-19(21)23/h3-7,12,18,26H,8-11,13-14H2,1-2H3/t18-/m0/s1. The number of piperazine rings is 1. The highest BCUT2D eigenvalue weighted by Crippen LogP contribution is 2.28. The second-order valence-corrected chi connectivity index (χ2v) is 7.89. The summed E-state index contributed by atoms with van der Waals surface area (Å²) in [7, 11) is 0. The maximum absolute atomic E-state index is 10.3. The lowest BCUT2D eigenvalue weighted by Crippen LogP contribution is -2.49. The summed E-state index contributed by atoms with van der Waals surface area (Å²) in [5, 5.41) is 11.4. The summed E-state index contributed by atoms with van der Waals surface area (Å²) >= 11 is 12.0. The van der Waals surface area contributed by atoms with Crippen LogP contribution in [-0.2, 0) is 0 Å². The van der Waals surface area contributed by atoms with Crippen molar-refractivity contribution in [1.82, 2.24) is 4.90 Å². The van der Waals surface area contributed by atoms with Crippen LogP contribution in [0.4, 0.5) is 5.69 Å². The average molecular weight is 409 g/mol. The molecule has 27 heavy (non-hydrogen) atoms. The zero-order valence-corrected chi connectivity index (χ0v) is 17.3. The van der Waals surface area contributed by atoms with Crippen LogP contribution in [-0.4, -0.2) is 55.4 Å². The summed E-state index contributed by atoms with van der Waals surface area (Å²) in [4.78, 5) is 4.70. The fraction of sp³-hybridized carbons (Fsp3) is 0.429. The fourth-order valence-corrected chi connectivity index (χ4v) is 3.71. The number of hydrogen-bond donors (Lipinski definition) is 1. The Morgan fingerprint density at radius 1 is 1.07 bits per heavy atom. The Bertz CT molecular complexity index is 777. The monoisotopic (exact) mass is 408 g/mol. The van der Waals surface area contributed by atoms with E-state index in [0.717, 1.165) is 26.2 Å². The number of anilines is 1. The molecule has 0 aromatic heterocycles. The highest BCUT2D eigenvalue weighted by Gasteiger charge is 2.21. The van der Waals surface area contributed by atoms with Gasteiger partial charge in [-0.1, -0.05) is 35.3 Å². The van der Waals surface area contributed by atoms with Crippen LogP contribution in [0, 0.1) is 13.8 Å². The van der Waals surface area contributed by atoms with E-state index in [1.807, 2.05) is 0 Å². The van der Waals surface area contributed by atoms with Gasteiger partial charge >= 0.3 is 0 Å². The summed E-state index contributed by atoms with van der Waals surface area (Å²) in [6, 6.07) is 11.5. The number of benzene rings is 2. The van der Waals surface area contributed by atoms with E-state index in [9.17, 15) is 5.11 Å². The van der Waals surface area contributed by atoms with Crippen molar-refractivity contribution < 1.29 is 9.84 Å². The Kier molecular flexibility index (Phi) is 6.88. The predicted octanol–water partition coefficient (Wildman–Crippen LogP) is 4.17. The molecule has 146 valence electrons. The quantitative estimate of drug-likeness (QED) is 0.777. The van der Waals surface area contributed by atoms with Crippen molar-refractivity contribution in [2.24, 2.45) is 0 Å². The SMILES string of the molecule is Cc1cccc(N2CCN(C[C@H](O)COc3cc(Cl)ccc3Cl)CC2)c1C. The van der Waals surface area contributed by atoms with Crippen molar-refractivity contribution in [2.45, 2.75) is 20.0 Å². The molecule has 1 aliphatic heterocycles. The Labute approximate surface area is 171 Å². The molecule has 0 saturated carbocycles. The molecule has 1 atom stereocenters. The van der Waals surface area contributed by atoms with Crippen LogP contribution >= 0.6 is 23.2 Å². The van der Waals surface area contributed by atoms with Crippen LogP contribution in [0.25, 0.3) is 0 Å². The third-order valence-electron chi connectivity index (χ3n) is 5.08. The topological polar surface area (TPSA) is 35.9 Å². The summed E-state index contributed by atoms with van der Waals surface area (Å²) in [5.74, 6) is 0.503. The van der Waals surface area contributed by atoms with Crippen LogP contribution in [0.3, 0.4) is 0 Å². The van der Waals surface area contributed by atoms with Gasteiger partial charge in [0.25, 0.3) is 0 Å². The van der Waals surface area contributed by atoms with Crippen LogP contribution in [0.2, 0.25) is 10.0 Å². The van der Waals surface area contributed by atoms with Crippen LogP contribution in [0.15, 0.2) is 36.4 Å². The molecule has 0 unspecified atom stereocenters. The van der Waals surface area contributed by atoms with Gasteiger partial charge in [0.05, 0.1) is 5.02 Å². The Morgan fingerprint density at radius 2 is 1.81 bits per heavy atom. The van der Waals surface area contributed by atoms with Gasteiger partial charge in [-0.25, -0.2) is 0 Å². The molecule has 1 saturated heterocycles. The van der Waals surface area contributed by atoms with Crippen molar-refractivity contribution in [3.8, 4) is 5.75 Å². The van der Waals surface area contributed by atoms with Crippen molar-refractivity contribution in [1.29, 1.82) is 0 Å². The zero-order valence-electron chi connectivity index (χ0n) is 15.8. The molecule has 0 spiro atoms. The molecule has 4 nitrogen and oxygen atoms in total. The van der Waals surface area contributed by atoms with Crippen molar-refractivity contribution in [3.63, 3.8) is 0 Å². The summed E-state index contributed by atoms with van der Waals surface area (Å²) < 4.78 is 5.64. The Morgan fingerprint density at radius 3 is 2.56 bits per heavy atom. The minimum absolute atomic E-state index is 0.192. The van der Waals surface area contributed by atoms with Crippen LogP contribution in [0.5, 0.6) is 5.75 Å². The molecule has 0 aliphatic carbocycles. The molecule has 0 bridgehead atoms. The maximum atomic E-state index is 10.3. The lowest BCUT2D eigenvalue weighted by Gasteiger charge is -2.37. The molecule has 2 aromatic carbocycles. The number of halogens is 2. The van der Waals surface area contributed by atoms with E-state index in [1.54, 1.807) is 18.2 Å². The molecular formula is C21H26Cl2N2O2. The van der Waals surface area contributed by atoms with Gasteiger partial charge in [0.2, 0.25) is 0 Å². The number of aliphatic hydroxyl groups excluding tert-OH is 1. The normalized spacial score (nSPS) is 16.4. The van der Waals surface area contributed by atoms with E-state index in [0.29, 0.717) is 22.3 Å². The first kappa shape index (κ1) is 20.3. The van der Waals surface area contributed by atoms with Crippen molar-refractivity contribution >= 4 is 28.9 Å². The first-order valence-corrected chi connectivity index (χ1v) is 9.99. The summed E-state index contributed by atoms with van der Waals surface area (Å²) in [5.41, 5.74) is 3.98. The molecule has 0 radical (unpaired) electrons. The van der Waals surface area contributed by atoms with E-state index in [2.05, 4.69) is 41.8 Å². The highest BCUT2D eigenvalue weighted by atomic mass is 35.5. The smallest absolute Gasteiger partial charge is 0.139 e. The minimum atomic E-state index is -0.577. The lowest BCUT2D eigenvalue weighted by molar-refractivity contribution is 0.0663. The number of aliphatic hydroxyl groups is 1. The van der Waals surface area contributed by atoms with E-state index in [4.69, 9.17) is 27.9 Å². The minimum Gasteiger partial charge on any atom is -0.489 e. The first-order chi connectivity index (χ1) is 12.9. The largest absolute Gasteiger partial charge is 0.489 e. The number of hydrogen-bond acceptors (Lipinski definition) is 4. The number of ether oxygens (including phenoxy) is 1. The zero-order chi connectivity index (χ0) is 19.4.